The molecule has 5 rings (SSSR count). The van der Waals surface area contributed by atoms with Crippen LogP contribution in [0.25, 0.3) is 10.9 Å². The Morgan fingerprint density at radius 2 is 1.89 bits per heavy atom. The van der Waals surface area contributed by atoms with Crippen LogP contribution in [0.5, 0.6) is 0 Å². The van der Waals surface area contributed by atoms with Crippen LogP contribution in [0.2, 0.25) is 0 Å². The van der Waals surface area contributed by atoms with Crippen molar-refractivity contribution in [3.05, 3.63) is 65.4 Å². The molecule has 0 saturated heterocycles. The van der Waals surface area contributed by atoms with E-state index in [-0.39, 0.29) is 12.1 Å². The van der Waals surface area contributed by atoms with Gasteiger partial charge in [-0.05, 0) is 36.6 Å². The number of nitrogens with one attached hydrogen (secondary N) is 1. The van der Waals surface area contributed by atoms with Gasteiger partial charge in [-0.25, -0.2) is 0 Å². The number of H-pyrrole nitrogens is 1. The molecule has 2 aliphatic rings. The van der Waals surface area contributed by atoms with Gasteiger partial charge < -0.3 is 14.8 Å². The molecule has 27 heavy (non-hydrogen) atoms. The molecule has 1 amide bonds. The number of carbonyl (C=O) groups is 1. The summed E-state index contributed by atoms with van der Waals surface area (Å²) >= 11 is 0. The summed E-state index contributed by atoms with van der Waals surface area (Å²) in [5.41, 5.74) is 5.65. The monoisotopic (exact) mass is 359 g/mol. The molecular formula is C23H25N3O. The number of amides is 1. The van der Waals surface area contributed by atoms with E-state index in [0.29, 0.717) is 0 Å². The van der Waals surface area contributed by atoms with Crippen LogP contribution in [0.3, 0.4) is 0 Å². The topological polar surface area (TPSA) is 39.3 Å². The number of fused-ring (bicyclic) bond motifs is 6. The number of aromatic nitrogens is 1. The van der Waals surface area contributed by atoms with E-state index < -0.39 is 0 Å². The van der Waals surface area contributed by atoms with Gasteiger partial charge in [0.25, 0.3) is 5.91 Å². The largest absolute Gasteiger partial charge is 0.355 e. The molecule has 3 heterocycles. The first kappa shape index (κ1) is 16.4. The van der Waals surface area contributed by atoms with E-state index in [4.69, 9.17) is 0 Å². The van der Waals surface area contributed by atoms with Crippen LogP contribution in [0.15, 0.2) is 48.5 Å². The average Bonchev–Trinajstić information content (AvgIpc) is 3.09. The SMILES string of the molecule is CCCCCN1c2ccccc2C(=O)N2CCc3c([nH]c4ccccc34)C21. The molecule has 0 spiro atoms. The third-order valence-electron chi connectivity index (χ3n) is 6.01. The quantitative estimate of drug-likeness (QED) is 0.675. The van der Waals surface area contributed by atoms with Gasteiger partial charge in [0.05, 0.1) is 16.9 Å². The Labute approximate surface area is 159 Å². The van der Waals surface area contributed by atoms with E-state index in [9.17, 15) is 4.79 Å². The van der Waals surface area contributed by atoms with Gasteiger partial charge in [-0.2, -0.15) is 0 Å². The fourth-order valence-corrected chi connectivity index (χ4v) is 4.72. The number of rotatable bonds is 4. The van der Waals surface area contributed by atoms with E-state index >= 15 is 0 Å². The van der Waals surface area contributed by atoms with E-state index in [1.54, 1.807) is 0 Å². The molecule has 2 aromatic carbocycles. The molecule has 0 aliphatic carbocycles. The van der Waals surface area contributed by atoms with Crippen molar-refractivity contribution in [1.82, 2.24) is 9.88 Å². The van der Waals surface area contributed by atoms with Crippen molar-refractivity contribution in [1.29, 1.82) is 0 Å². The minimum absolute atomic E-state index is 0.0274. The van der Waals surface area contributed by atoms with Gasteiger partial charge in [0.2, 0.25) is 0 Å². The smallest absolute Gasteiger partial charge is 0.257 e. The molecule has 0 saturated carbocycles. The number of hydrogen-bond acceptors (Lipinski definition) is 2. The summed E-state index contributed by atoms with van der Waals surface area (Å²) < 4.78 is 0. The van der Waals surface area contributed by atoms with Crippen LogP contribution in [-0.4, -0.2) is 28.9 Å². The predicted octanol–water partition coefficient (Wildman–Crippen LogP) is 4.88. The normalized spacial score (nSPS) is 18.4. The highest BCUT2D eigenvalue weighted by Crippen LogP contribution is 2.43. The molecule has 3 aromatic rings. The van der Waals surface area contributed by atoms with Crippen molar-refractivity contribution in [3.8, 4) is 0 Å². The predicted molar refractivity (Wildman–Crippen MR) is 109 cm³/mol. The van der Waals surface area contributed by atoms with Crippen molar-refractivity contribution in [2.24, 2.45) is 0 Å². The van der Waals surface area contributed by atoms with E-state index in [1.165, 1.54) is 35.0 Å². The Hall–Kier alpha value is -2.75. The van der Waals surface area contributed by atoms with Crippen LogP contribution in [0.4, 0.5) is 5.69 Å². The molecule has 138 valence electrons. The van der Waals surface area contributed by atoms with Crippen molar-refractivity contribution in [2.75, 3.05) is 18.0 Å². The van der Waals surface area contributed by atoms with Crippen molar-refractivity contribution < 1.29 is 4.79 Å². The molecule has 0 radical (unpaired) electrons. The lowest BCUT2D eigenvalue weighted by Crippen LogP contribution is -2.52. The number of nitrogens with zero attached hydrogens (tertiary/aromatic N) is 2. The molecule has 1 atom stereocenters. The maximum Gasteiger partial charge on any atom is 0.257 e. The molecule has 0 fully saturated rings. The molecule has 2 aliphatic heterocycles. The first-order chi connectivity index (χ1) is 13.3. The summed E-state index contributed by atoms with van der Waals surface area (Å²) in [6, 6.07) is 16.6. The first-order valence-corrected chi connectivity index (χ1v) is 10.1. The maximum atomic E-state index is 13.2. The Morgan fingerprint density at radius 1 is 1.07 bits per heavy atom. The molecular weight excluding hydrogens is 334 g/mol. The minimum Gasteiger partial charge on any atom is -0.355 e. The Morgan fingerprint density at radius 3 is 2.78 bits per heavy atom. The molecule has 1 aromatic heterocycles. The van der Waals surface area contributed by atoms with Gasteiger partial charge in [0.1, 0.15) is 6.17 Å². The summed E-state index contributed by atoms with van der Waals surface area (Å²) in [6.07, 6.45) is 4.42. The summed E-state index contributed by atoms with van der Waals surface area (Å²) in [6.45, 7) is 3.97. The van der Waals surface area contributed by atoms with Crippen molar-refractivity contribution in [3.63, 3.8) is 0 Å². The third kappa shape index (κ3) is 2.47. The number of para-hydroxylation sites is 2. The number of anilines is 1. The molecule has 4 heteroatoms. The van der Waals surface area contributed by atoms with Crippen molar-refractivity contribution in [2.45, 2.75) is 38.8 Å². The standard InChI is InChI=1S/C23H25N3O/c1-2-3-8-14-25-20-12-7-5-10-18(20)23(27)26-15-13-17-16-9-4-6-11-19(16)24-21(17)22(25)26/h4-7,9-12,22,24H,2-3,8,13-15H2,1H3. The second-order valence-corrected chi connectivity index (χ2v) is 7.60. The zero-order chi connectivity index (χ0) is 18.4. The Kier molecular flexibility index (Phi) is 3.92. The third-order valence-corrected chi connectivity index (χ3v) is 6.01. The lowest BCUT2D eigenvalue weighted by Gasteiger charge is -2.47. The summed E-state index contributed by atoms with van der Waals surface area (Å²) in [4.78, 5) is 21.4. The number of carbonyl (C=O) groups excluding carboxylic acids is 1. The first-order valence-electron chi connectivity index (χ1n) is 10.1. The number of benzene rings is 2. The van der Waals surface area contributed by atoms with E-state index in [0.717, 1.165) is 37.2 Å². The zero-order valence-electron chi connectivity index (χ0n) is 15.7. The number of unbranched alkanes of at least 4 members (excludes halogenated alkanes) is 2. The lowest BCUT2D eigenvalue weighted by atomic mass is 9.95. The van der Waals surface area contributed by atoms with Gasteiger partial charge in [-0.1, -0.05) is 50.1 Å². The number of aromatic amines is 1. The lowest BCUT2D eigenvalue weighted by molar-refractivity contribution is 0.0627. The Bertz CT molecular complexity index is 1010. The zero-order valence-corrected chi connectivity index (χ0v) is 15.7. The van der Waals surface area contributed by atoms with Gasteiger partial charge in [0.15, 0.2) is 0 Å². The minimum atomic E-state index is -0.0274. The molecule has 4 nitrogen and oxygen atoms in total. The summed E-state index contributed by atoms with van der Waals surface area (Å²) in [5, 5.41) is 1.30. The van der Waals surface area contributed by atoms with Gasteiger partial charge in [-0.3, -0.25) is 4.79 Å². The van der Waals surface area contributed by atoms with Crippen LogP contribution in [0, 0.1) is 0 Å². The maximum absolute atomic E-state index is 13.2. The fourth-order valence-electron chi connectivity index (χ4n) is 4.72. The highest BCUT2D eigenvalue weighted by molar-refractivity contribution is 6.02. The molecule has 1 N–H and O–H groups in total. The highest BCUT2D eigenvalue weighted by atomic mass is 16.2. The molecule has 1 unspecified atom stereocenters. The van der Waals surface area contributed by atoms with Crippen LogP contribution < -0.4 is 4.90 Å². The second-order valence-electron chi connectivity index (χ2n) is 7.60. The summed E-state index contributed by atoms with van der Waals surface area (Å²) in [5.74, 6) is 0.159. The molecule has 0 bridgehead atoms. The number of hydrogen-bond donors (Lipinski definition) is 1. The van der Waals surface area contributed by atoms with Gasteiger partial charge >= 0.3 is 0 Å². The fraction of sp³-hybridized carbons (Fsp3) is 0.348. The van der Waals surface area contributed by atoms with E-state index in [1.807, 2.05) is 18.2 Å². The van der Waals surface area contributed by atoms with Crippen LogP contribution in [0.1, 0.15) is 54.0 Å². The Balaban J connectivity index is 1.66. The van der Waals surface area contributed by atoms with Crippen LogP contribution >= 0.6 is 0 Å². The highest BCUT2D eigenvalue weighted by Gasteiger charge is 2.42. The van der Waals surface area contributed by atoms with Gasteiger partial charge in [-0.15, -0.1) is 0 Å². The van der Waals surface area contributed by atoms with Gasteiger partial charge in [0, 0.05) is 24.0 Å². The average molecular weight is 359 g/mol. The van der Waals surface area contributed by atoms with E-state index in [2.05, 4.69) is 52.0 Å². The second kappa shape index (κ2) is 6.45. The van der Waals surface area contributed by atoms with Crippen molar-refractivity contribution >= 4 is 22.5 Å². The summed E-state index contributed by atoms with van der Waals surface area (Å²) in [7, 11) is 0. The van der Waals surface area contributed by atoms with Crippen LogP contribution in [-0.2, 0) is 6.42 Å².